The SMILES string of the molecule is C=C/C=C\[C@H](C)[C@H](OCc1ccc(OC)cc1)[C@@H](C)[C@@H](CC/C=C\[C@H](C)[C@@H](O[Si](C)(C)C(C)(C)C)[C@@H](C)/C=C\I)O[Si](C)(C)C(C)(C)C. The zero-order chi connectivity index (χ0) is 36.9. The van der Waals surface area contributed by atoms with E-state index in [4.69, 9.17) is 18.3 Å². The van der Waals surface area contributed by atoms with Crippen molar-refractivity contribution in [3.63, 3.8) is 0 Å². The highest BCUT2D eigenvalue weighted by Gasteiger charge is 2.42. The van der Waals surface area contributed by atoms with Crippen LogP contribution in [-0.2, 0) is 20.2 Å². The first-order chi connectivity index (χ1) is 22.1. The van der Waals surface area contributed by atoms with Gasteiger partial charge in [-0.15, -0.1) is 0 Å². The molecule has 0 N–H and O–H groups in total. The molecule has 48 heavy (non-hydrogen) atoms. The third-order valence-electron chi connectivity index (χ3n) is 10.7. The average molecular weight is 811 g/mol. The van der Waals surface area contributed by atoms with Gasteiger partial charge in [0.15, 0.2) is 16.6 Å². The van der Waals surface area contributed by atoms with Crippen LogP contribution < -0.4 is 4.74 Å². The highest BCUT2D eigenvalue weighted by atomic mass is 127. The monoisotopic (exact) mass is 810 g/mol. The molecule has 0 aliphatic rings. The molecular weight excluding hydrogens is 740 g/mol. The average Bonchev–Trinajstić information content (AvgIpc) is 2.99. The Bertz CT molecular complexity index is 1160. The number of methoxy groups -OCH3 is 1. The maximum Gasteiger partial charge on any atom is 0.192 e. The number of allylic oxidation sites excluding steroid dienone is 3. The van der Waals surface area contributed by atoms with Crippen LogP contribution >= 0.6 is 22.6 Å². The molecule has 0 unspecified atom stereocenters. The molecule has 0 aliphatic heterocycles. The van der Waals surface area contributed by atoms with Crippen LogP contribution in [0.3, 0.4) is 0 Å². The maximum atomic E-state index is 7.25. The fourth-order valence-electron chi connectivity index (χ4n) is 5.37. The summed E-state index contributed by atoms with van der Waals surface area (Å²) >= 11 is 2.33. The van der Waals surface area contributed by atoms with Crippen LogP contribution in [0.5, 0.6) is 5.75 Å². The Hall–Kier alpha value is -0.976. The molecule has 4 nitrogen and oxygen atoms in total. The summed E-state index contributed by atoms with van der Waals surface area (Å²) in [7, 11) is -2.30. The lowest BCUT2D eigenvalue weighted by atomic mass is 9.86. The van der Waals surface area contributed by atoms with Gasteiger partial charge in [-0.2, -0.15) is 0 Å². The maximum absolute atomic E-state index is 7.25. The minimum atomic E-state index is -2.05. The van der Waals surface area contributed by atoms with E-state index in [1.807, 2.05) is 24.3 Å². The van der Waals surface area contributed by atoms with Gasteiger partial charge in [0.1, 0.15) is 5.75 Å². The van der Waals surface area contributed by atoms with E-state index in [2.05, 4.69) is 165 Å². The lowest BCUT2D eigenvalue weighted by molar-refractivity contribution is -0.0537. The second kappa shape index (κ2) is 20.2. The normalized spacial score (nSPS) is 18.2. The highest BCUT2D eigenvalue weighted by molar-refractivity contribution is 14.1. The topological polar surface area (TPSA) is 36.9 Å². The number of hydrogen-bond acceptors (Lipinski definition) is 4. The number of rotatable bonds is 20. The Morgan fingerprint density at radius 1 is 0.771 bits per heavy atom. The van der Waals surface area contributed by atoms with Crippen molar-refractivity contribution in [2.75, 3.05) is 7.11 Å². The first kappa shape index (κ1) is 45.0. The molecule has 7 heteroatoms. The summed E-state index contributed by atoms with van der Waals surface area (Å²) in [5, 5.41) is 0.274. The van der Waals surface area contributed by atoms with Crippen LogP contribution in [0.15, 0.2) is 71.4 Å². The fraction of sp³-hybridized carbons (Fsp3) is 0.659. The van der Waals surface area contributed by atoms with Gasteiger partial charge in [0.2, 0.25) is 0 Å². The van der Waals surface area contributed by atoms with E-state index in [0.717, 1.165) is 24.2 Å². The van der Waals surface area contributed by atoms with Crippen LogP contribution in [-0.4, -0.2) is 42.1 Å². The second-order valence-corrected chi connectivity index (χ2v) is 27.0. The summed E-state index contributed by atoms with van der Waals surface area (Å²) in [6.07, 6.45) is 15.2. The van der Waals surface area contributed by atoms with Crippen molar-refractivity contribution in [3.05, 3.63) is 76.9 Å². The molecule has 1 aromatic rings. The molecule has 0 aromatic heterocycles. The van der Waals surface area contributed by atoms with E-state index in [-0.39, 0.29) is 40.2 Å². The molecule has 274 valence electrons. The van der Waals surface area contributed by atoms with Gasteiger partial charge in [-0.05, 0) is 76.8 Å². The van der Waals surface area contributed by atoms with Crippen LogP contribution in [0.1, 0.15) is 87.6 Å². The van der Waals surface area contributed by atoms with Crippen molar-refractivity contribution >= 4 is 39.2 Å². The van der Waals surface area contributed by atoms with E-state index in [1.54, 1.807) is 7.11 Å². The zero-order valence-electron chi connectivity index (χ0n) is 33.2. The van der Waals surface area contributed by atoms with Crippen LogP contribution in [0.2, 0.25) is 36.3 Å². The van der Waals surface area contributed by atoms with Crippen molar-refractivity contribution in [1.82, 2.24) is 0 Å². The minimum Gasteiger partial charge on any atom is -0.497 e. The third-order valence-corrected chi connectivity index (χ3v) is 20.1. The van der Waals surface area contributed by atoms with Crippen molar-refractivity contribution in [2.24, 2.45) is 23.7 Å². The van der Waals surface area contributed by atoms with Gasteiger partial charge in [-0.3, -0.25) is 0 Å². The predicted molar refractivity (Wildman–Crippen MR) is 223 cm³/mol. The van der Waals surface area contributed by atoms with Gasteiger partial charge in [-0.25, -0.2) is 0 Å². The van der Waals surface area contributed by atoms with Crippen LogP contribution in [0.25, 0.3) is 0 Å². The molecule has 0 amide bonds. The first-order valence-electron chi connectivity index (χ1n) is 17.9. The summed E-state index contributed by atoms with van der Waals surface area (Å²) in [4.78, 5) is 0. The Balaban J connectivity index is 3.33. The van der Waals surface area contributed by atoms with E-state index >= 15 is 0 Å². The largest absolute Gasteiger partial charge is 0.497 e. The fourth-order valence-corrected chi connectivity index (χ4v) is 8.93. The second-order valence-electron chi connectivity index (χ2n) is 16.8. The lowest BCUT2D eigenvalue weighted by Gasteiger charge is -2.43. The predicted octanol–water partition coefficient (Wildman–Crippen LogP) is 12.9. The summed E-state index contributed by atoms with van der Waals surface area (Å²) in [5.74, 6) is 1.85. The Morgan fingerprint density at radius 3 is 1.79 bits per heavy atom. The Morgan fingerprint density at radius 2 is 1.29 bits per heavy atom. The number of hydrogen-bond donors (Lipinski definition) is 0. The number of ether oxygens (including phenoxy) is 2. The molecule has 7 atom stereocenters. The van der Waals surface area contributed by atoms with E-state index in [1.165, 1.54) is 0 Å². The summed E-state index contributed by atoms with van der Waals surface area (Å²) in [6, 6.07) is 8.16. The first-order valence-corrected chi connectivity index (χ1v) is 25.0. The Labute approximate surface area is 312 Å². The van der Waals surface area contributed by atoms with Crippen molar-refractivity contribution in [1.29, 1.82) is 0 Å². The van der Waals surface area contributed by atoms with Gasteiger partial charge in [0.05, 0.1) is 32.0 Å². The molecule has 1 aromatic carbocycles. The molecule has 0 bridgehead atoms. The van der Waals surface area contributed by atoms with E-state index in [9.17, 15) is 0 Å². The van der Waals surface area contributed by atoms with Crippen LogP contribution in [0.4, 0.5) is 0 Å². The van der Waals surface area contributed by atoms with Gasteiger partial charge in [-0.1, -0.05) is 147 Å². The zero-order valence-corrected chi connectivity index (χ0v) is 37.4. The molecule has 0 heterocycles. The molecular formula is C41H71IO4Si2. The van der Waals surface area contributed by atoms with Crippen LogP contribution in [0, 0.1) is 23.7 Å². The smallest absolute Gasteiger partial charge is 0.192 e. The number of halogens is 1. The molecule has 0 spiro atoms. The highest BCUT2D eigenvalue weighted by Crippen LogP contribution is 2.41. The molecule has 0 saturated carbocycles. The summed E-state index contributed by atoms with van der Waals surface area (Å²) in [5.41, 5.74) is 1.13. The number of benzene rings is 1. The lowest BCUT2D eigenvalue weighted by Crippen LogP contribution is -2.48. The van der Waals surface area contributed by atoms with E-state index in [0.29, 0.717) is 18.4 Å². The third kappa shape index (κ3) is 14.3. The van der Waals surface area contributed by atoms with Crippen molar-refractivity contribution in [2.45, 2.75) is 143 Å². The minimum absolute atomic E-state index is 0.0238. The standard InChI is InChI=1S/C41H71IO4Si2/c1-17-18-21-32(3)39(44-30-35-24-26-36(43-12)27-25-35)34(5)37(45-47(13,14)40(6,7)8)23-20-19-22-31(2)38(33(4)28-29-42)46-48(15,16)41(9,10)11/h17-19,21-22,24-29,31-34,37-39H,1,20,23,30H2,2-16H3/b21-18-,22-19-,29-28-/t31-,32-,33-,34-,37+,38+,39-/m0/s1. The quantitative estimate of drug-likeness (QED) is 0.0569. The van der Waals surface area contributed by atoms with E-state index < -0.39 is 16.6 Å². The molecule has 1 rings (SSSR count). The summed E-state index contributed by atoms with van der Waals surface area (Å²) < 4.78 is 28.6. The molecule has 0 saturated heterocycles. The summed E-state index contributed by atoms with van der Waals surface area (Å²) in [6.45, 7) is 37.0. The van der Waals surface area contributed by atoms with Gasteiger partial charge < -0.3 is 18.3 Å². The van der Waals surface area contributed by atoms with Gasteiger partial charge in [0, 0.05) is 17.8 Å². The van der Waals surface area contributed by atoms with Crippen molar-refractivity contribution in [3.8, 4) is 5.75 Å². The van der Waals surface area contributed by atoms with Gasteiger partial charge >= 0.3 is 0 Å². The van der Waals surface area contributed by atoms with Crippen molar-refractivity contribution < 1.29 is 18.3 Å². The molecule has 0 fully saturated rings. The molecule has 0 radical (unpaired) electrons. The molecule has 0 aliphatic carbocycles. The van der Waals surface area contributed by atoms with Gasteiger partial charge in [0.25, 0.3) is 0 Å². The Kier molecular flexibility index (Phi) is 18.9.